The molecule has 27 heavy (non-hydrogen) atoms. The van der Waals surface area contributed by atoms with Gasteiger partial charge < -0.3 is 19.5 Å². The van der Waals surface area contributed by atoms with Crippen molar-refractivity contribution in [2.24, 2.45) is 0 Å². The standard InChI is InChI=1S/C20H22FNO5/c1-13(20(24)22-16-6-4-5-15(21)11-16)27-19(23)8-7-14-9-17(25-2)12-18(10-14)26-3/h4-6,9-13H,7-8H2,1-3H3,(H,22,24)/t13-/m1/s1. The van der Waals surface area contributed by atoms with Gasteiger partial charge in [0, 0.05) is 18.2 Å². The average molecular weight is 375 g/mol. The molecule has 7 heteroatoms. The third-order valence-corrected chi connectivity index (χ3v) is 3.80. The number of nitrogens with one attached hydrogen (secondary N) is 1. The molecular formula is C20H22FNO5. The van der Waals surface area contributed by atoms with Gasteiger partial charge in [-0.1, -0.05) is 6.07 Å². The Balaban J connectivity index is 1.86. The summed E-state index contributed by atoms with van der Waals surface area (Å²) < 4.78 is 28.7. The minimum Gasteiger partial charge on any atom is -0.497 e. The Labute approximate surface area is 157 Å². The molecule has 1 N–H and O–H groups in total. The predicted octanol–water partition coefficient (Wildman–Crippen LogP) is 3.35. The molecule has 0 fully saturated rings. The number of aryl methyl sites for hydroxylation is 1. The summed E-state index contributed by atoms with van der Waals surface area (Å²) in [5, 5.41) is 2.50. The summed E-state index contributed by atoms with van der Waals surface area (Å²) in [7, 11) is 3.09. The van der Waals surface area contributed by atoms with Crippen LogP contribution >= 0.6 is 0 Å². The van der Waals surface area contributed by atoms with Gasteiger partial charge in [-0.15, -0.1) is 0 Å². The summed E-state index contributed by atoms with van der Waals surface area (Å²) in [4.78, 5) is 24.1. The quantitative estimate of drug-likeness (QED) is 0.717. The topological polar surface area (TPSA) is 73.9 Å². The zero-order valence-corrected chi connectivity index (χ0v) is 15.5. The maximum absolute atomic E-state index is 13.1. The average Bonchev–Trinajstić information content (AvgIpc) is 2.66. The summed E-state index contributed by atoms with van der Waals surface area (Å²) in [6.07, 6.45) is -0.501. The van der Waals surface area contributed by atoms with Crippen LogP contribution in [0.5, 0.6) is 11.5 Å². The Kier molecular flexibility index (Phi) is 7.16. The molecule has 1 amide bonds. The first-order chi connectivity index (χ1) is 12.9. The highest BCUT2D eigenvalue weighted by atomic mass is 19.1. The summed E-state index contributed by atoms with van der Waals surface area (Å²) in [6.45, 7) is 1.46. The van der Waals surface area contributed by atoms with Gasteiger partial charge in [-0.2, -0.15) is 0 Å². The van der Waals surface area contributed by atoms with Crippen LogP contribution in [0.3, 0.4) is 0 Å². The minimum atomic E-state index is -0.999. The minimum absolute atomic E-state index is 0.0912. The van der Waals surface area contributed by atoms with E-state index in [-0.39, 0.29) is 6.42 Å². The van der Waals surface area contributed by atoms with Gasteiger partial charge in [-0.05, 0) is 49.2 Å². The van der Waals surface area contributed by atoms with Gasteiger partial charge in [-0.25, -0.2) is 4.39 Å². The highest BCUT2D eigenvalue weighted by Crippen LogP contribution is 2.23. The molecule has 2 rings (SSSR count). The first kappa shape index (κ1) is 20.2. The van der Waals surface area contributed by atoms with Crippen LogP contribution in [0, 0.1) is 5.82 Å². The van der Waals surface area contributed by atoms with Crippen LogP contribution in [0.15, 0.2) is 42.5 Å². The van der Waals surface area contributed by atoms with Crippen LogP contribution < -0.4 is 14.8 Å². The van der Waals surface area contributed by atoms with Crippen molar-refractivity contribution in [1.82, 2.24) is 0 Å². The Morgan fingerprint density at radius 1 is 1.07 bits per heavy atom. The number of amides is 1. The maximum Gasteiger partial charge on any atom is 0.306 e. The SMILES string of the molecule is COc1cc(CCC(=O)O[C@H](C)C(=O)Nc2cccc(F)c2)cc(OC)c1. The molecule has 0 saturated heterocycles. The molecular weight excluding hydrogens is 353 g/mol. The molecule has 0 aliphatic carbocycles. The number of esters is 1. The van der Waals surface area contributed by atoms with Crippen molar-refractivity contribution in [2.75, 3.05) is 19.5 Å². The van der Waals surface area contributed by atoms with Gasteiger partial charge in [0.15, 0.2) is 6.10 Å². The third kappa shape index (κ3) is 6.29. The van der Waals surface area contributed by atoms with Crippen LogP contribution in [0.1, 0.15) is 18.9 Å². The fourth-order valence-corrected chi connectivity index (χ4v) is 2.38. The van der Waals surface area contributed by atoms with E-state index in [0.29, 0.717) is 23.6 Å². The van der Waals surface area contributed by atoms with E-state index < -0.39 is 23.8 Å². The van der Waals surface area contributed by atoms with Crippen molar-refractivity contribution in [3.05, 3.63) is 53.8 Å². The first-order valence-corrected chi connectivity index (χ1v) is 8.39. The molecule has 0 aromatic heterocycles. The summed E-state index contributed by atoms with van der Waals surface area (Å²) >= 11 is 0. The summed E-state index contributed by atoms with van der Waals surface area (Å²) in [5.41, 5.74) is 1.14. The van der Waals surface area contributed by atoms with E-state index in [1.807, 2.05) is 0 Å². The zero-order chi connectivity index (χ0) is 19.8. The van der Waals surface area contributed by atoms with Gasteiger partial charge in [0.25, 0.3) is 5.91 Å². The molecule has 0 spiro atoms. The third-order valence-electron chi connectivity index (χ3n) is 3.80. The van der Waals surface area contributed by atoms with Crippen molar-refractivity contribution >= 4 is 17.6 Å². The molecule has 2 aromatic rings. The molecule has 0 bridgehead atoms. The molecule has 0 aliphatic rings. The van der Waals surface area contributed by atoms with Gasteiger partial charge >= 0.3 is 5.97 Å². The second-order valence-electron chi connectivity index (χ2n) is 5.85. The number of carbonyl (C=O) groups excluding carboxylic acids is 2. The number of halogens is 1. The second kappa shape index (κ2) is 9.56. The van der Waals surface area contributed by atoms with Crippen LogP contribution in [-0.2, 0) is 20.7 Å². The zero-order valence-electron chi connectivity index (χ0n) is 15.5. The molecule has 2 aromatic carbocycles. The second-order valence-corrected chi connectivity index (χ2v) is 5.85. The van der Waals surface area contributed by atoms with Crippen LogP contribution in [-0.4, -0.2) is 32.2 Å². The van der Waals surface area contributed by atoms with E-state index in [9.17, 15) is 14.0 Å². The molecule has 0 saturated carbocycles. The number of anilines is 1. The molecule has 0 aliphatic heterocycles. The number of rotatable bonds is 8. The predicted molar refractivity (Wildman–Crippen MR) is 98.5 cm³/mol. The number of hydrogen-bond acceptors (Lipinski definition) is 5. The number of hydrogen-bond donors (Lipinski definition) is 1. The first-order valence-electron chi connectivity index (χ1n) is 8.39. The summed E-state index contributed by atoms with van der Waals surface area (Å²) in [5.74, 6) is -0.261. The van der Waals surface area contributed by atoms with Crippen LogP contribution in [0.25, 0.3) is 0 Å². The van der Waals surface area contributed by atoms with E-state index in [1.165, 1.54) is 25.1 Å². The Bertz CT molecular complexity index is 786. The lowest BCUT2D eigenvalue weighted by Gasteiger charge is -2.14. The van der Waals surface area contributed by atoms with Gasteiger partial charge in [-0.3, -0.25) is 9.59 Å². The molecule has 144 valence electrons. The molecule has 0 heterocycles. The lowest BCUT2D eigenvalue weighted by atomic mass is 10.1. The van der Waals surface area contributed by atoms with Gasteiger partial charge in [0.2, 0.25) is 0 Å². The van der Waals surface area contributed by atoms with Crippen molar-refractivity contribution in [2.45, 2.75) is 25.9 Å². The monoisotopic (exact) mass is 375 g/mol. The van der Waals surface area contributed by atoms with Crippen molar-refractivity contribution in [1.29, 1.82) is 0 Å². The number of carbonyl (C=O) groups is 2. The Morgan fingerprint density at radius 3 is 2.33 bits per heavy atom. The maximum atomic E-state index is 13.1. The highest BCUT2D eigenvalue weighted by Gasteiger charge is 2.18. The van der Waals surface area contributed by atoms with E-state index in [4.69, 9.17) is 14.2 Å². The highest BCUT2D eigenvalue weighted by molar-refractivity contribution is 5.95. The van der Waals surface area contributed by atoms with Crippen molar-refractivity contribution in [3.8, 4) is 11.5 Å². The van der Waals surface area contributed by atoms with Crippen LogP contribution in [0.4, 0.5) is 10.1 Å². The number of methoxy groups -OCH3 is 2. The van der Waals surface area contributed by atoms with E-state index in [0.717, 1.165) is 5.56 Å². The largest absolute Gasteiger partial charge is 0.497 e. The number of benzene rings is 2. The molecule has 6 nitrogen and oxygen atoms in total. The van der Waals surface area contributed by atoms with Crippen molar-refractivity contribution < 1.29 is 28.2 Å². The Morgan fingerprint density at radius 2 is 1.74 bits per heavy atom. The smallest absolute Gasteiger partial charge is 0.306 e. The van der Waals surface area contributed by atoms with E-state index in [1.54, 1.807) is 38.5 Å². The van der Waals surface area contributed by atoms with Crippen molar-refractivity contribution in [3.63, 3.8) is 0 Å². The lowest BCUT2D eigenvalue weighted by molar-refractivity contribution is -0.153. The Hall–Kier alpha value is -3.09. The normalized spacial score (nSPS) is 11.4. The molecule has 0 radical (unpaired) electrons. The molecule has 1 atom stereocenters. The summed E-state index contributed by atoms with van der Waals surface area (Å²) in [6, 6.07) is 10.8. The lowest BCUT2D eigenvalue weighted by Crippen LogP contribution is -2.30. The fraction of sp³-hybridized carbons (Fsp3) is 0.300. The van der Waals surface area contributed by atoms with Gasteiger partial charge in [0.1, 0.15) is 17.3 Å². The van der Waals surface area contributed by atoms with E-state index >= 15 is 0 Å². The molecule has 0 unspecified atom stereocenters. The van der Waals surface area contributed by atoms with Crippen LogP contribution in [0.2, 0.25) is 0 Å². The fourth-order valence-electron chi connectivity index (χ4n) is 2.38. The van der Waals surface area contributed by atoms with E-state index in [2.05, 4.69) is 5.32 Å². The van der Waals surface area contributed by atoms with Gasteiger partial charge in [0.05, 0.1) is 14.2 Å². The number of ether oxygens (including phenoxy) is 3.